The molecule has 0 spiro atoms. The number of nitrogens with one attached hydrogen (secondary N) is 2. The number of amides is 1. The molecule has 98 valence electrons. The Bertz CT molecular complexity index is 596. The van der Waals surface area contributed by atoms with Crippen molar-refractivity contribution < 1.29 is 4.79 Å². The highest BCUT2D eigenvalue weighted by molar-refractivity contribution is 6.34. The van der Waals surface area contributed by atoms with Gasteiger partial charge in [-0.25, -0.2) is 4.98 Å². The van der Waals surface area contributed by atoms with E-state index >= 15 is 0 Å². The van der Waals surface area contributed by atoms with Gasteiger partial charge in [-0.05, 0) is 25.1 Å². The third-order valence-electron chi connectivity index (χ3n) is 2.67. The Hall–Kier alpha value is -2.07. The van der Waals surface area contributed by atoms with E-state index < -0.39 is 0 Å². The highest BCUT2D eigenvalue weighted by atomic mass is 35.5. The van der Waals surface area contributed by atoms with Gasteiger partial charge in [-0.2, -0.15) is 0 Å². The summed E-state index contributed by atoms with van der Waals surface area (Å²) in [6.07, 6.45) is 1.46. The van der Waals surface area contributed by atoms with E-state index in [0.717, 1.165) is 11.3 Å². The third kappa shape index (κ3) is 3.23. The topological polar surface area (TPSA) is 54.0 Å². The fraction of sp³-hybridized carbons (Fsp3) is 0.143. The molecule has 0 radical (unpaired) electrons. The maximum Gasteiger partial charge on any atom is 0.257 e. The number of benzene rings is 1. The van der Waals surface area contributed by atoms with Crippen LogP contribution in [-0.4, -0.2) is 17.9 Å². The van der Waals surface area contributed by atoms with Gasteiger partial charge < -0.3 is 10.6 Å². The lowest BCUT2D eigenvalue weighted by Crippen LogP contribution is -2.13. The molecule has 1 heterocycles. The Morgan fingerprint density at radius 1 is 1.26 bits per heavy atom. The van der Waals surface area contributed by atoms with Crippen LogP contribution in [0.2, 0.25) is 5.02 Å². The lowest BCUT2D eigenvalue weighted by atomic mass is 10.2. The molecule has 2 N–H and O–H groups in total. The van der Waals surface area contributed by atoms with E-state index in [9.17, 15) is 4.79 Å². The first-order valence-corrected chi connectivity index (χ1v) is 6.19. The Labute approximate surface area is 116 Å². The molecule has 5 heteroatoms. The molecular formula is C14H14ClN3O. The molecular weight excluding hydrogens is 262 g/mol. The number of nitrogens with zero attached hydrogens (tertiary/aromatic N) is 1. The van der Waals surface area contributed by atoms with Gasteiger partial charge in [0.15, 0.2) is 0 Å². The summed E-state index contributed by atoms with van der Waals surface area (Å²) >= 11 is 5.99. The van der Waals surface area contributed by atoms with Crippen molar-refractivity contribution >= 4 is 29.0 Å². The number of carbonyl (C=O) groups is 1. The first-order valence-electron chi connectivity index (χ1n) is 5.81. The third-order valence-corrected chi connectivity index (χ3v) is 2.97. The molecule has 4 nitrogen and oxygen atoms in total. The van der Waals surface area contributed by atoms with Crippen LogP contribution in [0.1, 0.15) is 15.9 Å². The number of aryl methyl sites for hydroxylation is 1. The minimum Gasteiger partial charge on any atom is -0.373 e. The first-order chi connectivity index (χ1) is 9.10. The molecule has 19 heavy (non-hydrogen) atoms. The molecule has 0 atom stereocenters. The van der Waals surface area contributed by atoms with Crippen molar-refractivity contribution in [3.63, 3.8) is 0 Å². The van der Waals surface area contributed by atoms with Crippen molar-refractivity contribution in [1.29, 1.82) is 0 Å². The number of rotatable bonds is 3. The Morgan fingerprint density at radius 3 is 2.58 bits per heavy atom. The van der Waals surface area contributed by atoms with Crippen LogP contribution in [0.3, 0.4) is 0 Å². The molecule has 0 fully saturated rings. The summed E-state index contributed by atoms with van der Waals surface area (Å²) in [6, 6.07) is 9.18. The first kappa shape index (κ1) is 13.4. The van der Waals surface area contributed by atoms with Crippen LogP contribution in [0.5, 0.6) is 0 Å². The van der Waals surface area contributed by atoms with Crippen molar-refractivity contribution in [1.82, 2.24) is 4.98 Å². The largest absolute Gasteiger partial charge is 0.373 e. The van der Waals surface area contributed by atoms with Crippen molar-refractivity contribution in [3.8, 4) is 0 Å². The van der Waals surface area contributed by atoms with Gasteiger partial charge in [0.05, 0.1) is 10.6 Å². The maximum absolute atomic E-state index is 12.1. The fourth-order valence-corrected chi connectivity index (χ4v) is 1.77. The normalized spacial score (nSPS) is 10.1. The number of halogens is 1. The van der Waals surface area contributed by atoms with Gasteiger partial charge in [0.25, 0.3) is 5.91 Å². The predicted molar refractivity (Wildman–Crippen MR) is 77.9 cm³/mol. The summed E-state index contributed by atoms with van der Waals surface area (Å²) in [5.74, 6) is 0.339. The highest BCUT2D eigenvalue weighted by Gasteiger charge is 2.12. The lowest BCUT2D eigenvalue weighted by Gasteiger charge is -2.08. The molecule has 0 aliphatic heterocycles. The molecule has 0 unspecified atom stereocenters. The summed E-state index contributed by atoms with van der Waals surface area (Å²) < 4.78 is 0. The average molecular weight is 276 g/mol. The van der Waals surface area contributed by atoms with Crippen LogP contribution in [0.4, 0.5) is 11.5 Å². The number of aromatic nitrogens is 1. The zero-order valence-electron chi connectivity index (χ0n) is 10.7. The number of anilines is 2. The zero-order valence-corrected chi connectivity index (χ0v) is 11.5. The van der Waals surface area contributed by atoms with Gasteiger partial charge in [-0.15, -0.1) is 0 Å². The summed E-state index contributed by atoms with van der Waals surface area (Å²) in [5.41, 5.74) is 2.26. The van der Waals surface area contributed by atoms with Crippen molar-refractivity contribution in [2.75, 3.05) is 17.7 Å². The summed E-state index contributed by atoms with van der Waals surface area (Å²) in [7, 11) is 1.73. The number of hydrogen-bond acceptors (Lipinski definition) is 3. The van der Waals surface area contributed by atoms with Crippen LogP contribution >= 0.6 is 11.6 Å². The standard InChI is InChI=1S/C14H14ClN3O/c1-9-3-5-10(6-4-9)18-14(19)11-7-13(16-2)17-8-12(11)15/h3-8H,1-2H3,(H,16,17)(H,18,19). The number of pyridine rings is 1. The lowest BCUT2D eigenvalue weighted by molar-refractivity contribution is 0.102. The van der Waals surface area contributed by atoms with Crippen molar-refractivity contribution in [2.45, 2.75) is 6.92 Å². The summed E-state index contributed by atoms with van der Waals surface area (Å²) in [5, 5.41) is 5.99. The second-order valence-electron chi connectivity index (χ2n) is 4.12. The molecule has 1 aromatic carbocycles. The van der Waals surface area contributed by atoms with E-state index in [1.54, 1.807) is 13.1 Å². The van der Waals surface area contributed by atoms with Crippen LogP contribution in [-0.2, 0) is 0 Å². The van der Waals surface area contributed by atoms with Crippen LogP contribution in [0.25, 0.3) is 0 Å². The van der Waals surface area contributed by atoms with Crippen LogP contribution in [0.15, 0.2) is 36.5 Å². The second kappa shape index (κ2) is 5.71. The Morgan fingerprint density at radius 2 is 1.95 bits per heavy atom. The zero-order chi connectivity index (χ0) is 13.8. The van der Waals surface area contributed by atoms with E-state index in [1.165, 1.54) is 6.20 Å². The van der Waals surface area contributed by atoms with Crippen molar-refractivity contribution in [3.05, 3.63) is 52.7 Å². The average Bonchev–Trinajstić information content (AvgIpc) is 2.42. The molecule has 1 amide bonds. The van der Waals surface area contributed by atoms with Gasteiger partial charge in [-0.1, -0.05) is 29.3 Å². The molecule has 2 rings (SSSR count). The number of carbonyl (C=O) groups excluding carboxylic acids is 1. The highest BCUT2D eigenvalue weighted by Crippen LogP contribution is 2.19. The van der Waals surface area contributed by atoms with Gasteiger partial charge in [0.1, 0.15) is 5.82 Å². The minimum atomic E-state index is -0.257. The summed E-state index contributed by atoms with van der Waals surface area (Å²) in [6.45, 7) is 1.99. The maximum atomic E-state index is 12.1. The molecule has 1 aromatic heterocycles. The van der Waals surface area contributed by atoms with E-state index in [0.29, 0.717) is 16.4 Å². The molecule has 0 aliphatic rings. The van der Waals surface area contributed by atoms with Crippen LogP contribution < -0.4 is 10.6 Å². The van der Waals surface area contributed by atoms with E-state index in [4.69, 9.17) is 11.6 Å². The van der Waals surface area contributed by atoms with Gasteiger partial charge in [-0.3, -0.25) is 4.79 Å². The quantitative estimate of drug-likeness (QED) is 0.903. The molecule has 0 saturated carbocycles. The Kier molecular flexibility index (Phi) is 4.02. The Balaban J connectivity index is 2.22. The van der Waals surface area contributed by atoms with Gasteiger partial charge in [0, 0.05) is 18.9 Å². The van der Waals surface area contributed by atoms with Crippen LogP contribution in [0, 0.1) is 6.92 Å². The smallest absolute Gasteiger partial charge is 0.257 e. The van der Waals surface area contributed by atoms with Gasteiger partial charge in [0.2, 0.25) is 0 Å². The van der Waals surface area contributed by atoms with Crippen molar-refractivity contribution in [2.24, 2.45) is 0 Å². The number of hydrogen-bond donors (Lipinski definition) is 2. The fourth-order valence-electron chi connectivity index (χ4n) is 1.58. The van der Waals surface area contributed by atoms with E-state index in [1.807, 2.05) is 31.2 Å². The van der Waals surface area contributed by atoms with Gasteiger partial charge >= 0.3 is 0 Å². The summed E-state index contributed by atoms with van der Waals surface area (Å²) in [4.78, 5) is 16.2. The molecule has 2 aromatic rings. The van der Waals surface area contributed by atoms with E-state index in [-0.39, 0.29) is 5.91 Å². The molecule has 0 aliphatic carbocycles. The minimum absolute atomic E-state index is 0.257. The van der Waals surface area contributed by atoms with E-state index in [2.05, 4.69) is 15.6 Å². The predicted octanol–water partition coefficient (Wildman–Crippen LogP) is 3.34. The molecule has 0 bridgehead atoms. The molecule has 0 saturated heterocycles. The monoisotopic (exact) mass is 275 g/mol. The SMILES string of the molecule is CNc1cc(C(=O)Nc2ccc(C)cc2)c(Cl)cn1. The second-order valence-corrected chi connectivity index (χ2v) is 4.53.